The fourth-order valence-corrected chi connectivity index (χ4v) is 2.54. The number of carbonyl (C=O) groups excluding carboxylic acids is 2. The molecule has 0 aromatic heterocycles. The van der Waals surface area contributed by atoms with Crippen LogP contribution in [0.4, 0.5) is 13.6 Å². The van der Waals surface area contributed by atoms with Gasteiger partial charge in [0.05, 0.1) is 0 Å². The van der Waals surface area contributed by atoms with Crippen LogP contribution in [0.2, 0.25) is 0 Å². The molecule has 1 aromatic carbocycles. The summed E-state index contributed by atoms with van der Waals surface area (Å²) in [5, 5.41) is 0. The SMILES string of the molecule is CC(C)(C)OC(=O)N1CCC(C(=O)Cc2c(F)cccc2F)C1. The van der Waals surface area contributed by atoms with Crippen LogP contribution in [0.15, 0.2) is 18.2 Å². The van der Waals surface area contributed by atoms with E-state index in [2.05, 4.69) is 0 Å². The van der Waals surface area contributed by atoms with Gasteiger partial charge in [0.1, 0.15) is 23.0 Å². The van der Waals surface area contributed by atoms with Gasteiger partial charge in [-0.25, -0.2) is 13.6 Å². The van der Waals surface area contributed by atoms with Crippen LogP contribution < -0.4 is 0 Å². The van der Waals surface area contributed by atoms with Gasteiger partial charge in [-0.15, -0.1) is 0 Å². The second-order valence-electron chi connectivity index (χ2n) is 6.76. The van der Waals surface area contributed by atoms with Gasteiger partial charge in [0.15, 0.2) is 0 Å². The molecule has 0 N–H and O–H groups in total. The minimum absolute atomic E-state index is 0.215. The van der Waals surface area contributed by atoms with E-state index >= 15 is 0 Å². The number of rotatable bonds is 3. The summed E-state index contributed by atoms with van der Waals surface area (Å²) in [6.07, 6.45) is -0.288. The van der Waals surface area contributed by atoms with Crippen LogP contribution in [0.5, 0.6) is 0 Å². The fourth-order valence-electron chi connectivity index (χ4n) is 2.54. The number of nitrogens with zero attached hydrogens (tertiary/aromatic N) is 1. The third kappa shape index (κ3) is 4.50. The Morgan fingerprint density at radius 2 is 1.87 bits per heavy atom. The predicted molar refractivity (Wildman–Crippen MR) is 81.0 cm³/mol. The highest BCUT2D eigenvalue weighted by Gasteiger charge is 2.33. The first-order chi connectivity index (χ1) is 10.7. The monoisotopic (exact) mass is 325 g/mol. The lowest BCUT2D eigenvalue weighted by molar-refractivity contribution is -0.121. The molecule has 0 radical (unpaired) electrons. The van der Waals surface area contributed by atoms with E-state index in [4.69, 9.17) is 4.74 Å². The van der Waals surface area contributed by atoms with Crippen molar-refractivity contribution in [1.82, 2.24) is 4.90 Å². The van der Waals surface area contributed by atoms with Crippen molar-refractivity contribution in [2.75, 3.05) is 13.1 Å². The minimum Gasteiger partial charge on any atom is -0.444 e. The maximum atomic E-state index is 13.6. The normalized spacial score (nSPS) is 18.1. The maximum absolute atomic E-state index is 13.6. The van der Waals surface area contributed by atoms with Crippen molar-refractivity contribution >= 4 is 11.9 Å². The summed E-state index contributed by atoms with van der Waals surface area (Å²) in [5.74, 6) is -2.12. The first-order valence-corrected chi connectivity index (χ1v) is 7.61. The van der Waals surface area contributed by atoms with Crippen LogP contribution in [0.25, 0.3) is 0 Å². The Balaban J connectivity index is 1.96. The molecule has 23 heavy (non-hydrogen) atoms. The number of hydrogen-bond donors (Lipinski definition) is 0. The lowest BCUT2D eigenvalue weighted by atomic mass is 9.96. The van der Waals surface area contributed by atoms with Crippen molar-refractivity contribution in [2.45, 2.75) is 39.2 Å². The van der Waals surface area contributed by atoms with Gasteiger partial charge in [-0.3, -0.25) is 4.79 Å². The van der Waals surface area contributed by atoms with Crippen LogP contribution in [0, 0.1) is 17.6 Å². The summed E-state index contributed by atoms with van der Waals surface area (Å²) in [7, 11) is 0. The van der Waals surface area contributed by atoms with Crippen LogP contribution in [0.1, 0.15) is 32.8 Å². The number of hydrogen-bond acceptors (Lipinski definition) is 3. The third-order valence-electron chi connectivity index (χ3n) is 3.71. The topological polar surface area (TPSA) is 46.6 Å². The minimum atomic E-state index is -0.722. The van der Waals surface area contributed by atoms with Crippen LogP contribution >= 0.6 is 0 Å². The number of Topliss-reactive ketones (excluding diaryl/α,β-unsaturated/α-hetero) is 1. The molecule has 4 nitrogen and oxygen atoms in total. The Hall–Kier alpha value is -1.98. The maximum Gasteiger partial charge on any atom is 0.410 e. The van der Waals surface area contributed by atoms with Crippen molar-refractivity contribution in [3.8, 4) is 0 Å². The number of ether oxygens (including phenoxy) is 1. The van der Waals surface area contributed by atoms with Gasteiger partial charge in [0, 0.05) is 31.0 Å². The van der Waals surface area contributed by atoms with Crippen LogP contribution in [0.3, 0.4) is 0 Å². The Kier molecular flexibility index (Phi) is 5.02. The van der Waals surface area contributed by atoms with E-state index in [0.717, 1.165) is 12.1 Å². The van der Waals surface area contributed by atoms with Crippen molar-refractivity contribution in [3.63, 3.8) is 0 Å². The van der Waals surface area contributed by atoms with E-state index in [1.54, 1.807) is 20.8 Å². The molecule has 1 aliphatic rings. The summed E-state index contributed by atoms with van der Waals surface area (Å²) in [6.45, 7) is 5.94. The smallest absolute Gasteiger partial charge is 0.410 e. The highest BCUT2D eigenvalue weighted by Crippen LogP contribution is 2.23. The quantitative estimate of drug-likeness (QED) is 0.856. The zero-order valence-electron chi connectivity index (χ0n) is 13.6. The molecule has 1 fully saturated rings. The average molecular weight is 325 g/mol. The summed E-state index contributed by atoms with van der Waals surface area (Å²) < 4.78 is 32.5. The van der Waals surface area contributed by atoms with E-state index in [-0.39, 0.29) is 24.3 Å². The Labute approximate surface area is 134 Å². The summed E-state index contributed by atoms with van der Waals surface area (Å²) in [6, 6.07) is 3.53. The summed E-state index contributed by atoms with van der Waals surface area (Å²) in [5.41, 5.74) is -0.816. The van der Waals surface area contributed by atoms with Gasteiger partial charge < -0.3 is 9.64 Å². The fraction of sp³-hybridized carbons (Fsp3) is 0.529. The summed E-state index contributed by atoms with van der Waals surface area (Å²) >= 11 is 0. The highest BCUT2D eigenvalue weighted by atomic mass is 19.1. The number of carbonyl (C=O) groups is 2. The largest absolute Gasteiger partial charge is 0.444 e. The molecule has 1 atom stereocenters. The zero-order valence-corrected chi connectivity index (χ0v) is 13.6. The van der Waals surface area contributed by atoms with Crippen LogP contribution in [-0.2, 0) is 16.0 Å². The molecule has 1 saturated heterocycles. The molecule has 0 saturated carbocycles. The van der Waals surface area contributed by atoms with E-state index in [1.807, 2.05) is 0 Å². The highest BCUT2D eigenvalue weighted by molar-refractivity contribution is 5.84. The first kappa shape index (κ1) is 17.4. The van der Waals surface area contributed by atoms with E-state index in [0.29, 0.717) is 13.0 Å². The molecule has 1 amide bonds. The Bertz CT molecular complexity index is 590. The number of halogens is 2. The van der Waals surface area contributed by atoms with Gasteiger partial charge in [-0.05, 0) is 39.3 Å². The van der Waals surface area contributed by atoms with Crippen LogP contribution in [-0.4, -0.2) is 35.5 Å². The molecular formula is C17H21F2NO3. The average Bonchev–Trinajstić information content (AvgIpc) is 2.91. The molecule has 1 unspecified atom stereocenters. The molecule has 6 heteroatoms. The van der Waals surface area contributed by atoms with Gasteiger partial charge in [0.25, 0.3) is 0 Å². The second kappa shape index (κ2) is 6.64. The Morgan fingerprint density at radius 3 is 2.43 bits per heavy atom. The van der Waals surface area contributed by atoms with Gasteiger partial charge in [-0.1, -0.05) is 6.07 Å². The Morgan fingerprint density at radius 1 is 1.26 bits per heavy atom. The molecule has 1 aliphatic heterocycles. The van der Waals surface area contributed by atoms with Gasteiger partial charge >= 0.3 is 6.09 Å². The summed E-state index contributed by atoms with van der Waals surface area (Å²) in [4.78, 5) is 25.7. The van der Waals surface area contributed by atoms with Crippen molar-refractivity contribution in [3.05, 3.63) is 35.4 Å². The molecular weight excluding hydrogens is 304 g/mol. The molecule has 1 heterocycles. The standard InChI is InChI=1S/C17H21F2NO3/c1-17(2,3)23-16(22)20-8-7-11(10-20)15(21)9-12-13(18)5-4-6-14(12)19/h4-6,11H,7-10H2,1-3H3. The van der Waals surface area contributed by atoms with E-state index in [1.165, 1.54) is 11.0 Å². The molecule has 1 aromatic rings. The van der Waals surface area contributed by atoms with Crippen molar-refractivity contribution in [1.29, 1.82) is 0 Å². The molecule has 0 bridgehead atoms. The first-order valence-electron chi connectivity index (χ1n) is 7.61. The van der Waals surface area contributed by atoms with Crippen molar-refractivity contribution in [2.24, 2.45) is 5.92 Å². The van der Waals surface area contributed by atoms with Gasteiger partial charge in [0.2, 0.25) is 0 Å². The van der Waals surface area contributed by atoms with Crippen molar-refractivity contribution < 1.29 is 23.1 Å². The zero-order chi connectivity index (χ0) is 17.2. The molecule has 2 rings (SSSR count). The lowest BCUT2D eigenvalue weighted by Gasteiger charge is -2.24. The number of benzene rings is 1. The lowest BCUT2D eigenvalue weighted by Crippen LogP contribution is -2.36. The molecule has 0 spiro atoms. The molecule has 0 aliphatic carbocycles. The number of amides is 1. The molecule has 126 valence electrons. The second-order valence-corrected chi connectivity index (χ2v) is 6.76. The predicted octanol–water partition coefficient (Wildman–Crippen LogP) is 3.33. The van der Waals surface area contributed by atoms with Gasteiger partial charge in [-0.2, -0.15) is 0 Å². The number of likely N-dealkylation sites (tertiary alicyclic amines) is 1. The third-order valence-corrected chi connectivity index (χ3v) is 3.71. The number of ketones is 1. The van der Waals surface area contributed by atoms with E-state index in [9.17, 15) is 18.4 Å². The van der Waals surface area contributed by atoms with E-state index < -0.39 is 29.2 Å².